The maximum atomic E-state index is 6.04. The second-order valence-corrected chi connectivity index (χ2v) is 4.67. The Hall–Kier alpha value is 0.540. The Morgan fingerprint density at radius 1 is 0.800 bits per heavy atom. The molecule has 0 fully saturated rings. The lowest BCUT2D eigenvalue weighted by molar-refractivity contribution is -0.0232. The van der Waals surface area contributed by atoms with E-state index >= 15 is 0 Å². The van der Waals surface area contributed by atoms with Crippen molar-refractivity contribution in [2.24, 2.45) is 0 Å². The fourth-order valence-electron chi connectivity index (χ4n) is 1.72. The molecule has 0 aliphatic carbocycles. The molecule has 0 amide bonds. The van der Waals surface area contributed by atoms with Crippen LogP contribution in [0.15, 0.2) is 0 Å². The first kappa shape index (κ1) is 15.5. The van der Waals surface area contributed by atoms with Gasteiger partial charge in [0.25, 0.3) is 0 Å². The van der Waals surface area contributed by atoms with Gasteiger partial charge in [0.2, 0.25) is 0 Å². The van der Waals surface area contributed by atoms with Crippen LogP contribution in [-0.2, 0) is 4.74 Å². The molecular formula is C12H24Cl2O. The summed E-state index contributed by atoms with van der Waals surface area (Å²) in [5, 5.41) is 0. The van der Waals surface area contributed by atoms with Crippen LogP contribution >= 0.6 is 23.2 Å². The van der Waals surface area contributed by atoms with Crippen molar-refractivity contribution in [3.8, 4) is 0 Å². The van der Waals surface area contributed by atoms with E-state index in [1.807, 2.05) is 0 Å². The van der Waals surface area contributed by atoms with Crippen molar-refractivity contribution >= 4 is 23.2 Å². The second kappa shape index (κ2) is 11.0. The van der Waals surface area contributed by atoms with Crippen LogP contribution in [0.25, 0.3) is 0 Å². The predicted molar refractivity (Wildman–Crippen MR) is 69.2 cm³/mol. The molecule has 0 heterocycles. The molecule has 0 spiro atoms. The quantitative estimate of drug-likeness (QED) is 0.518. The van der Waals surface area contributed by atoms with E-state index in [4.69, 9.17) is 27.9 Å². The summed E-state index contributed by atoms with van der Waals surface area (Å²) in [7, 11) is 0. The zero-order valence-electron chi connectivity index (χ0n) is 9.98. The third kappa shape index (κ3) is 8.36. The normalized spacial score (nSPS) is 15.2. The maximum absolute atomic E-state index is 6.04. The van der Waals surface area contributed by atoms with E-state index in [0.717, 1.165) is 38.5 Å². The summed E-state index contributed by atoms with van der Waals surface area (Å²) in [6.45, 7) is 4.36. The Labute approximate surface area is 104 Å². The van der Waals surface area contributed by atoms with Gasteiger partial charge in [-0.25, -0.2) is 0 Å². The van der Waals surface area contributed by atoms with Crippen LogP contribution in [0.3, 0.4) is 0 Å². The zero-order valence-corrected chi connectivity index (χ0v) is 11.5. The van der Waals surface area contributed by atoms with E-state index in [9.17, 15) is 0 Å². The Bertz CT molecular complexity index is 105. The van der Waals surface area contributed by atoms with Gasteiger partial charge in [0.15, 0.2) is 0 Å². The maximum Gasteiger partial charge on any atom is 0.0590 e. The Morgan fingerprint density at radius 2 is 1.20 bits per heavy atom. The third-order valence-electron chi connectivity index (χ3n) is 2.47. The number of ether oxygens (including phenoxy) is 1. The van der Waals surface area contributed by atoms with E-state index in [-0.39, 0.29) is 0 Å². The molecule has 0 N–H and O–H groups in total. The molecule has 0 bridgehead atoms. The molecule has 2 unspecified atom stereocenters. The number of halogens is 2. The zero-order chi connectivity index (χ0) is 11.5. The average Bonchev–Trinajstić information content (AvgIpc) is 2.19. The van der Waals surface area contributed by atoms with Crippen LogP contribution in [0.4, 0.5) is 0 Å². The van der Waals surface area contributed by atoms with E-state index < -0.39 is 0 Å². The Balaban J connectivity index is 3.93. The van der Waals surface area contributed by atoms with Gasteiger partial charge in [0.1, 0.15) is 0 Å². The van der Waals surface area contributed by atoms with Gasteiger partial charge in [-0.2, -0.15) is 0 Å². The smallest absolute Gasteiger partial charge is 0.0590 e. The highest BCUT2D eigenvalue weighted by Gasteiger charge is 2.14. The molecule has 0 saturated heterocycles. The highest BCUT2D eigenvalue weighted by atomic mass is 35.5. The average molecular weight is 255 g/mol. The van der Waals surface area contributed by atoms with Crippen molar-refractivity contribution in [1.82, 2.24) is 0 Å². The molecule has 3 heteroatoms. The van der Waals surface area contributed by atoms with Crippen LogP contribution in [0.5, 0.6) is 0 Å². The highest BCUT2D eigenvalue weighted by Crippen LogP contribution is 2.16. The SMILES string of the molecule is CCCC(CCCl)OC(CCC)CCCl. The van der Waals surface area contributed by atoms with Gasteiger partial charge in [-0.3, -0.25) is 0 Å². The summed E-state index contributed by atoms with van der Waals surface area (Å²) < 4.78 is 6.04. The van der Waals surface area contributed by atoms with E-state index in [0.29, 0.717) is 24.0 Å². The minimum absolute atomic E-state index is 0.326. The fourth-order valence-corrected chi connectivity index (χ4v) is 2.21. The molecule has 15 heavy (non-hydrogen) atoms. The molecule has 0 saturated carbocycles. The van der Waals surface area contributed by atoms with Gasteiger partial charge in [-0.1, -0.05) is 26.7 Å². The lowest BCUT2D eigenvalue weighted by Gasteiger charge is -2.23. The van der Waals surface area contributed by atoms with Gasteiger partial charge in [0, 0.05) is 11.8 Å². The minimum Gasteiger partial charge on any atom is -0.375 e. The topological polar surface area (TPSA) is 9.23 Å². The molecule has 0 aliphatic heterocycles. The third-order valence-corrected chi connectivity index (χ3v) is 2.90. The number of hydrogen-bond donors (Lipinski definition) is 0. The van der Waals surface area contributed by atoms with Crippen LogP contribution < -0.4 is 0 Å². The number of alkyl halides is 2. The van der Waals surface area contributed by atoms with E-state index in [1.165, 1.54) is 0 Å². The molecule has 92 valence electrons. The summed E-state index contributed by atoms with van der Waals surface area (Å²) in [5.74, 6) is 1.37. The molecule has 0 aromatic heterocycles. The Morgan fingerprint density at radius 3 is 1.47 bits per heavy atom. The molecule has 0 radical (unpaired) electrons. The minimum atomic E-state index is 0.326. The molecule has 0 aromatic rings. The highest BCUT2D eigenvalue weighted by molar-refractivity contribution is 6.18. The summed E-state index contributed by atoms with van der Waals surface area (Å²) >= 11 is 11.5. The van der Waals surface area contributed by atoms with Crippen LogP contribution in [0.1, 0.15) is 52.4 Å². The van der Waals surface area contributed by atoms with Crippen LogP contribution in [0, 0.1) is 0 Å². The molecule has 0 aliphatic rings. The van der Waals surface area contributed by atoms with Gasteiger partial charge in [-0.05, 0) is 25.7 Å². The van der Waals surface area contributed by atoms with Crippen LogP contribution in [0.2, 0.25) is 0 Å². The van der Waals surface area contributed by atoms with Crippen molar-refractivity contribution in [2.75, 3.05) is 11.8 Å². The number of hydrogen-bond acceptors (Lipinski definition) is 1. The first-order chi connectivity index (χ1) is 7.28. The monoisotopic (exact) mass is 254 g/mol. The van der Waals surface area contributed by atoms with Gasteiger partial charge in [0.05, 0.1) is 12.2 Å². The lowest BCUT2D eigenvalue weighted by atomic mass is 10.1. The Kier molecular flexibility index (Phi) is 11.4. The largest absolute Gasteiger partial charge is 0.375 e. The predicted octanol–water partition coefficient (Wildman–Crippen LogP) is 4.60. The van der Waals surface area contributed by atoms with E-state index in [2.05, 4.69) is 13.8 Å². The molecule has 2 atom stereocenters. The first-order valence-electron chi connectivity index (χ1n) is 6.05. The van der Waals surface area contributed by atoms with Crippen molar-refractivity contribution in [1.29, 1.82) is 0 Å². The van der Waals surface area contributed by atoms with Crippen molar-refractivity contribution in [2.45, 2.75) is 64.6 Å². The van der Waals surface area contributed by atoms with Gasteiger partial charge in [-0.15, -0.1) is 23.2 Å². The summed E-state index contributed by atoms with van der Waals surface area (Å²) in [6.07, 6.45) is 7.09. The van der Waals surface area contributed by atoms with E-state index in [1.54, 1.807) is 0 Å². The summed E-state index contributed by atoms with van der Waals surface area (Å²) in [5.41, 5.74) is 0. The second-order valence-electron chi connectivity index (χ2n) is 3.91. The summed E-state index contributed by atoms with van der Waals surface area (Å²) in [6, 6.07) is 0. The summed E-state index contributed by atoms with van der Waals surface area (Å²) in [4.78, 5) is 0. The first-order valence-corrected chi connectivity index (χ1v) is 7.12. The molecule has 1 nitrogen and oxygen atoms in total. The molecule has 0 aromatic carbocycles. The van der Waals surface area contributed by atoms with Gasteiger partial charge >= 0.3 is 0 Å². The van der Waals surface area contributed by atoms with Crippen LogP contribution in [-0.4, -0.2) is 24.0 Å². The number of rotatable bonds is 10. The standard InChI is InChI=1S/C12H24Cl2O/c1-3-5-11(7-9-13)15-12(6-4-2)8-10-14/h11-12H,3-10H2,1-2H3. The lowest BCUT2D eigenvalue weighted by Crippen LogP contribution is -2.23. The fraction of sp³-hybridized carbons (Fsp3) is 1.00. The van der Waals surface area contributed by atoms with Crippen molar-refractivity contribution < 1.29 is 4.74 Å². The molecule has 0 rings (SSSR count). The molecular weight excluding hydrogens is 231 g/mol. The van der Waals surface area contributed by atoms with Crippen molar-refractivity contribution in [3.63, 3.8) is 0 Å². The van der Waals surface area contributed by atoms with Crippen molar-refractivity contribution in [3.05, 3.63) is 0 Å². The van der Waals surface area contributed by atoms with Gasteiger partial charge < -0.3 is 4.74 Å².